The lowest BCUT2D eigenvalue weighted by Crippen LogP contribution is -2.42. The molecule has 0 aromatic heterocycles. The number of hydrogen-bond acceptors (Lipinski definition) is 3. The first-order chi connectivity index (χ1) is 10.0. The van der Waals surface area contributed by atoms with Gasteiger partial charge >= 0.3 is 6.09 Å². The molecule has 1 fully saturated rings. The van der Waals surface area contributed by atoms with Gasteiger partial charge in [0.25, 0.3) is 0 Å². The number of amides is 1. The zero-order valence-corrected chi connectivity index (χ0v) is 12.9. The van der Waals surface area contributed by atoms with Crippen LogP contribution in [-0.2, 0) is 9.53 Å². The van der Waals surface area contributed by atoms with E-state index in [1.807, 2.05) is 42.2 Å². The molecule has 114 valence electrons. The van der Waals surface area contributed by atoms with Gasteiger partial charge in [0.05, 0.1) is 6.04 Å². The molecule has 4 nitrogen and oxygen atoms in total. The summed E-state index contributed by atoms with van der Waals surface area (Å²) in [5, 5.41) is 0. The molecule has 0 N–H and O–H groups in total. The molecule has 0 saturated carbocycles. The first-order valence-corrected chi connectivity index (χ1v) is 7.54. The highest BCUT2D eigenvalue weighted by atomic mass is 16.6. The molecule has 0 radical (unpaired) electrons. The second-order valence-electron chi connectivity index (χ2n) is 5.77. The van der Waals surface area contributed by atoms with E-state index < -0.39 is 0 Å². The first kappa shape index (κ1) is 15.5. The normalized spacial score (nSPS) is 21.0. The number of Topliss-reactive ketones (excluding diaryl/α,β-unsaturated/α-hetero) is 1. The van der Waals surface area contributed by atoms with Crippen molar-refractivity contribution in [2.45, 2.75) is 45.7 Å². The van der Waals surface area contributed by atoms with Gasteiger partial charge in [-0.3, -0.25) is 4.90 Å². The lowest BCUT2D eigenvalue weighted by molar-refractivity contribution is -0.118. The summed E-state index contributed by atoms with van der Waals surface area (Å²) in [4.78, 5) is 25.4. The van der Waals surface area contributed by atoms with E-state index in [0.29, 0.717) is 13.0 Å². The number of nitrogens with zero attached hydrogens (tertiary/aromatic N) is 1. The zero-order chi connectivity index (χ0) is 15.4. The van der Waals surface area contributed by atoms with Gasteiger partial charge in [-0.05, 0) is 24.8 Å². The molecule has 0 spiro atoms. The molecule has 21 heavy (non-hydrogen) atoms. The average Bonchev–Trinajstić information content (AvgIpc) is 2.82. The minimum atomic E-state index is -0.272. The first-order valence-electron chi connectivity index (χ1n) is 7.54. The molecular formula is C17H23NO3. The van der Waals surface area contributed by atoms with Gasteiger partial charge < -0.3 is 9.53 Å². The van der Waals surface area contributed by atoms with Crippen molar-refractivity contribution < 1.29 is 14.3 Å². The van der Waals surface area contributed by atoms with Crippen LogP contribution in [0, 0.1) is 5.92 Å². The summed E-state index contributed by atoms with van der Waals surface area (Å²) < 4.78 is 5.27. The van der Waals surface area contributed by atoms with Gasteiger partial charge in [-0.15, -0.1) is 0 Å². The minimum Gasteiger partial charge on any atom is -0.447 e. The van der Waals surface area contributed by atoms with Crippen molar-refractivity contribution in [3.05, 3.63) is 35.9 Å². The van der Waals surface area contributed by atoms with Crippen molar-refractivity contribution in [2.24, 2.45) is 5.92 Å². The fraction of sp³-hybridized carbons (Fsp3) is 0.529. The van der Waals surface area contributed by atoms with Gasteiger partial charge in [-0.25, -0.2) is 4.79 Å². The molecule has 1 aliphatic heterocycles. The van der Waals surface area contributed by atoms with E-state index in [1.165, 1.54) is 0 Å². The van der Waals surface area contributed by atoms with Crippen molar-refractivity contribution in [2.75, 3.05) is 6.61 Å². The Morgan fingerprint density at radius 1 is 1.38 bits per heavy atom. The van der Waals surface area contributed by atoms with Crippen LogP contribution in [0.4, 0.5) is 4.79 Å². The molecule has 1 unspecified atom stereocenters. The van der Waals surface area contributed by atoms with E-state index in [0.717, 1.165) is 12.0 Å². The molecule has 1 aliphatic rings. The minimum absolute atomic E-state index is 0.0223. The van der Waals surface area contributed by atoms with Crippen LogP contribution < -0.4 is 0 Å². The highest BCUT2D eigenvalue weighted by Gasteiger charge is 2.40. The van der Waals surface area contributed by atoms with Crippen molar-refractivity contribution in [1.82, 2.24) is 4.90 Å². The summed E-state index contributed by atoms with van der Waals surface area (Å²) in [5.41, 5.74) is 1.08. The predicted octanol–water partition coefficient (Wildman–Crippen LogP) is 3.57. The van der Waals surface area contributed by atoms with Crippen molar-refractivity contribution in [3.8, 4) is 0 Å². The smallest absolute Gasteiger partial charge is 0.410 e. The molecule has 2 rings (SSSR count). The van der Waals surface area contributed by atoms with Gasteiger partial charge in [0.1, 0.15) is 12.4 Å². The highest BCUT2D eigenvalue weighted by molar-refractivity contribution is 5.76. The van der Waals surface area contributed by atoms with Crippen LogP contribution in [0.2, 0.25) is 0 Å². The molecule has 3 atom stereocenters. The SMILES string of the molecule is CC[C@@H](C(C)CC(C)=O)N1C(=O)OC[C@@H]1c1ccccc1. The second kappa shape index (κ2) is 6.74. The monoisotopic (exact) mass is 289 g/mol. The molecule has 1 aromatic rings. The molecule has 1 heterocycles. The topological polar surface area (TPSA) is 46.6 Å². The summed E-state index contributed by atoms with van der Waals surface area (Å²) in [5.74, 6) is 0.286. The van der Waals surface area contributed by atoms with Gasteiger partial charge in [-0.2, -0.15) is 0 Å². The Balaban J connectivity index is 2.24. The number of carbonyl (C=O) groups is 2. The van der Waals surface area contributed by atoms with Crippen molar-refractivity contribution in [3.63, 3.8) is 0 Å². The van der Waals surface area contributed by atoms with Crippen LogP contribution in [-0.4, -0.2) is 29.4 Å². The maximum absolute atomic E-state index is 12.2. The summed E-state index contributed by atoms with van der Waals surface area (Å²) >= 11 is 0. The zero-order valence-electron chi connectivity index (χ0n) is 12.9. The van der Waals surface area contributed by atoms with Crippen molar-refractivity contribution in [1.29, 1.82) is 0 Å². The van der Waals surface area contributed by atoms with Crippen LogP contribution >= 0.6 is 0 Å². The van der Waals surface area contributed by atoms with E-state index in [-0.39, 0.29) is 29.9 Å². The molecule has 0 aliphatic carbocycles. The fourth-order valence-electron chi connectivity index (χ4n) is 3.19. The van der Waals surface area contributed by atoms with Gasteiger partial charge in [0.15, 0.2) is 0 Å². The Kier molecular flexibility index (Phi) is 4.99. The van der Waals surface area contributed by atoms with Crippen LogP contribution in [0.3, 0.4) is 0 Å². The number of rotatable bonds is 6. The van der Waals surface area contributed by atoms with E-state index >= 15 is 0 Å². The van der Waals surface area contributed by atoms with E-state index in [2.05, 4.69) is 6.92 Å². The number of benzene rings is 1. The second-order valence-corrected chi connectivity index (χ2v) is 5.77. The average molecular weight is 289 g/mol. The predicted molar refractivity (Wildman–Crippen MR) is 80.9 cm³/mol. The van der Waals surface area contributed by atoms with E-state index in [9.17, 15) is 9.59 Å². The third-order valence-electron chi connectivity index (χ3n) is 4.14. The molecule has 1 aromatic carbocycles. The Hall–Kier alpha value is -1.84. The lowest BCUT2D eigenvalue weighted by atomic mass is 9.91. The maximum atomic E-state index is 12.2. The Morgan fingerprint density at radius 2 is 2.05 bits per heavy atom. The third-order valence-corrected chi connectivity index (χ3v) is 4.14. The van der Waals surface area contributed by atoms with Crippen LogP contribution in [0.15, 0.2) is 30.3 Å². The Morgan fingerprint density at radius 3 is 2.62 bits per heavy atom. The highest BCUT2D eigenvalue weighted by Crippen LogP contribution is 2.33. The third kappa shape index (κ3) is 3.43. The van der Waals surface area contributed by atoms with E-state index in [4.69, 9.17) is 4.74 Å². The van der Waals surface area contributed by atoms with Gasteiger partial charge in [0.2, 0.25) is 0 Å². The van der Waals surface area contributed by atoms with E-state index in [1.54, 1.807) is 6.92 Å². The van der Waals surface area contributed by atoms with Gasteiger partial charge in [0, 0.05) is 12.5 Å². The number of carbonyl (C=O) groups excluding carboxylic acids is 2. The number of hydrogen-bond donors (Lipinski definition) is 0. The summed E-state index contributed by atoms with van der Waals surface area (Å²) in [7, 11) is 0. The summed E-state index contributed by atoms with van der Waals surface area (Å²) in [6.45, 7) is 6.06. The van der Waals surface area contributed by atoms with Crippen molar-refractivity contribution >= 4 is 11.9 Å². The largest absolute Gasteiger partial charge is 0.447 e. The molecule has 1 amide bonds. The number of ketones is 1. The van der Waals surface area contributed by atoms with Crippen LogP contribution in [0.1, 0.15) is 45.2 Å². The number of ether oxygens (including phenoxy) is 1. The van der Waals surface area contributed by atoms with Gasteiger partial charge in [-0.1, -0.05) is 44.2 Å². The standard InChI is InChI=1S/C17H23NO3/c1-4-15(12(2)10-13(3)19)18-16(11-21-17(18)20)14-8-6-5-7-9-14/h5-9,12,15-16H,4,10-11H2,1-3H3/t12?,15-,16+/m0/s1. The maximum Gasteiger partial charge on any atom is 0.410 e. The molecule has 4 heteroatoms. The summed E-state index contributed by atoms with van der Waals surface area (Å²) in [6, 6.07) is 9.89. The molecule has 1 saturated heterocycles. The fourth-order valence-corrected chi connectivity index (χ4v) is 3.19. The van der Waals surface area contributed by atoms with Crippen LogP contribution in [0.25, 0.3) is 0 Å². The van der Waals surface area contributed by atoms with Crippen LogP contribution in [0.5, 0.6) is 0 Å². The Labute approximate surface area is 126 Å². The Bertz CT molecular complexity index is 500. The summed E-state index contributed by atoms with van der Waals surface area (Å²) in [6.07, 6.45) is 1.03. The molecule has 0 bridgehead atoms. The quantitative estimate of drug-likeness (QED) is 0.804. The number of cyclic esters (lactones) is 1. The molecular weight excluding hydrogens is 266 g/mol. The lowest BCUT2D eigenvalue weighted by Gasteiger charge is -2.34.